The lowest BCUT2D eigenvalue weighted by Gasteiger charge is -2.25. The third kappa shape index (κ3) is 4.37. The van der Waals surface area contributed by atoms with Crippen LogP contribution in [0.3, 0.4) is 0 Å². The third-order valence-corrected chi connectivity index (χ3v) is 3.03. The number of esters is 1. The first kappa shape index (κ1) is 16.8. The molecule has 0 spiro atoms. The summed E-state index contributed by atoms with van der Waals surface area (Å²) in [6, 6.07) is 5.17. The zero-order valence-electron chi connectivity index (χ0n) is 12.8. The molecule has 0 radical (unpaired) electrons. The van der Waals surface area contributed by atoms with E-state index in [4.69, 9.17) is 10.5 Å². The molecule has 0 aliphatic carbocycles. The molecule has 0 aliphatic rings. The molecule has 1 aromatic rings. The first-order valence-corrected chi connectivity index (χ1v) is 7.06. The Kier molecular flexibility index (Phi) is 6.52. The van der Waals surface area contributed by atoms with Gasteiger partial charge in [-0.05, 0) is 25.5 Å². The van der Waals surface area contributed by atoms with Gasteiger partial charge in [-0.1, -0.05) is 13.0 Å². The molecule has 6 nitrogen and oxygen atoms in total. The summed E-state index contributed by atoms with van der Waals surface area (Å²) in [5.74, 6) is -0.558. The second-order valence-electron chi connectivity index (χ2n) is 4.55. The van der Waals surface area contributed by atoms with Gasteiger partial charge in [-0.2, -0.15) is 0 Å². The number of para-hydroxylation sites is 1. The molecule has 3 N–H and O–H groups in total. The molecule has 1 rings (SSSR count). The Morgan fingerprint density at radius 3 is 2.62 bits per heavy atom. The first-order chi connectivity index (χ1) is 10.0. The molecule has 0 aliphatic heterocycles. The molecule has 116 valence electrons. The minimum atomic E-state index is -0.451. The van der Waals surface area contributed by atoms with Gasteiger partial charge in [0, 0.05) is 13.6 Å². The normalized spacial score (nSPS) is 10.0. The predicted molar refractivity (Wildman–Crippen MR) is 83.4 cm³/mol. The highest BCUT2D eigenvalue weighted by molar-refractivity contribution is 5.99. The number of carbonyl (C=O) groups is 2. The lowest BCUT2D eigenvalue weighted by atomic mass is 10.1. The zero-order valence-corrected chi connectivity index (χ0v) is 12.8. The lowest BCUT2D eigenvalue weighted by Crippen LogP contribution is -2.36. The van der Waals surface area contributed by atoms with Crippen molar-refractivity contribution >= 4 is 23.3 Å². The maximum Gasteiger partial charge on any atom is 0.340 e. The summed E-state index contributed by atoms with van der Waals surface area (Å²) in [5.41, 5.74) is 7.43. The van der Waals surface area contributed by atoms with Crippen LogP contribution in [-0.4, -0.2) is 38.6 Å². The second kappa shape index (κ2) is 8.14. The second-order valence-corrected chi connectivity index (χ2v) is 4.55. The molecule has 21 heavy (non-hydrogen) atoms. The number of benzene rings is 1. The highest BCUT2D eigenvalue weighted by atomic mass is 16.5. The van der Waals surface area contributed by atoms with Crippen LogP contribution in [0.4, 0.5) is 11.4 Å². The van der Waals surface area contributed by atoms with Crippen LogP contribution in [0.2, 0.25) is 0 Å². The van der Waals surface area contributed by atoms with Crippen LogP contribution in [0.5, 0.6) is 0 Å². The number of nitrogen functional groups attached to an aromatic ring is 1. The minimum Gasteiger partial charge on any atom is -0.462 e. The standard InChI is InChI=1S/C15H23N3O3/c1-4-9-18(10-13(19)17-3)12-8-6-7-11(14(12)16)15(20)21-5-2/h6-8H,4-5,9-10,16H2,1-3H3,(H,17,19). The van der Waals surface area contributed by atoms with Crippen molar-refractivity contribution in [3.8, 4) is 0 Å². The van der Waals surface area contributed by atoms with E-state index in [1.165, 1.54) is 0 Å². The van der Waals surface area contributed by atoms with E-state index in [1.54, 1.807) is 32.2 Å². The topological polar surface area (TPSA) is 84.7 Å². The number of anilines is 2. The van der Waals surface area contributed by atoms with E-state index >= 15 is 0 Å². The fourth-order valence-corrected chi connectivity index (χ4v) is 2.02. The number of rotatable bonds is 7. The highest BCUT2D eigenvalue weighted by Gasteiger charge is 2.18. The summed E-state index contributed by atoms with van der Waals surface area (Å²) in [7, 11) is 1.59. The molecule has 0 aromatic heterocycles. The summed E-state index contributed by atoms with van der Waals surface area (Å²) in [4.78, 5) is 25.4. The monoisotopic (exact) mass is 293 g/mol. The van der Waals surface area contributed by atoms with Gasteiger partial charge in [0.05, 0.1) is 30.1 Å². The number of nitrogens with one attached hydrogen (secondary N) is 1. The third-order valence-electron chi connectivity index (χ3n) is 3.03. The quantitative estimate of drug-likeness (QED) is 0.586. The molecule has 0 unspecified atom stereocenters. The molecule has 1 aromatic carbocycles. The Morgan fingerprint density at radius 1 is 1.33 bits per heavy atom. The van der Waals surface area contributed by atoms with Gasteiger partial charge in [-0.3, -0.25) is 4.79 Å². The number of ether oxygens (including phenoxy) is 1. The number of hydrogen-bond donors (Lipinski definition) is 2. The van der Waals surface area contributed by atoms with Crippen molar-refractivity contribution in [2.45, 2.75) is 20.3 Å². The van der Waals surface area contributed by atoms with Crippen LogP contribution in [-0.2, 0) is 9.53 Å². The number of carbonyl (C=O) groups excluding carboxylic acids is 2. The van der Waals surface area contributed by atoms with Gasteiger partial charge in [0.15, 0.2) is 0 Å². The summed E-state index contributed by atoms with van der Waals surface area (Å²) in [6.07, 6.45) is 0.861. The summed E-state index contributed by atoms with van der Waals surface area (Å²) >= 11 is 0. The average Bonchev–Trinajstić information content (AvgIpc) is 2.47. The SMILES string of the molecule is CCCN(CC(=O)NC)c1cccc(C(=O)OCC)c1N. The molecular formula is C15H23N3O3. The van der Waals surface area contributed by atoms with Gasteiger partial charge in [0.25, 0.3) is 0 Å². The molecular weight excluding hydrogens is 270 g/mol. The lowest BCUT2D eigenvalue weighted by molar-refractivity contribution is -0.119. The Bertz CT molecular complexity index is 503. The van der Waals surface area contributed by atoms with Crippen molar-refractivity contribution < 1.29 is 14.3 Å². The van der Waals surface area contributed by atoms with Crippen LogP contribution in [0, 0.1) is 0 Å². The van der Waals surface area contributed by atoms with Crippen molar-refractivity contribution in [3.63, 3.8) is 0 Å². The summed E-state index contributed by atoms with van der Waals surface area (Å²) in [6.45, 7) is 4.92. The van der Waals surface area contributed by atoms with E-state index in [0.717, 1.165) is 6.42 Å². The predicted octanol–water partition coefficient (Wildman–Crippen LogP) is 1.41. The Balaban J connectivity index is 3.11. The molecule has 1 amide bonds. The van der Waals surface area contributed by atoms with E-state index in [-0.39, 0.29) is 12.5 Å². The van der Waals surface area contributed by atoms with Gasteiger partial charge < -0.3 is 20.7 Å². The van der Waals surface area contributed by atoms with Crippen LogP contribution in [0.15, 0.2) is 18.2 Å². The van der Waals surface area contributed by atoms with Crippen LogP contribution in [0.1, 0.15) is 30.6 Å². The molecule has 0 heterocycles. The Hall–Kier alpha value is -2.24. The van der Waals surface area contributed by atoms with Gasteiger partial charge in [-0.25, -0.2) is 4.79 Å². The fraction of sp³-hybridized carbons (Fsp3) is 0.467. The largest absolute Gasteiger partial charge is 0.462 e. The maximum atomic E-state index is 11.9. The molecule has 0 saturated carbocycles. The van der Waals surface area contributed by atoms with E-state index in [0.29, 0.717) is 30.1 Å². The minimum absolute atomic E-state index is 0.107. The van der Waals surface area contributed by atoms with Crippen molar-refractivity contribution in [1.29, 1.82) is 0 Å². The van der Waals surface area contributed by atoms with E-state index < -0.39 is 5.97 Å². The molecule has 0 bridgehead atoms. The summed E-state index contributed by atoms with van der Waals surface area (Å²) in [5, 5.41) is 2.59. The van der Waals surface area contributed by atoms with Gasteiger partial charge in [0.1, 0.15) is 0 Å². The Labute approximate surface area is 125 Å². The number of nitrogens with two attached hydrogens (primary N) is 1. The van der Waals surface area contributed by atoms with Crippen LogP contribution < -0.4 is 16.0 Å². The first-order valence-electron chi connectivity index (χ1n) is 7.06. The summed E-state index contributed by atoms with van der Waals surface area (Å²) < 4.78 is 4.99. The van der Waals surface area contributed by atoms with E-state index in [1.807, 2.05) is 11.8 Å². The van der Waals surface area contributed by atoms with Gasteiger partial charge in [0.2, 0.25) is 5.91 Å². The average molecular weight is 293 g/mol. The van der Waals surface area contributed by atoms with Gasteiger partial charge in [-0.15, -0.1) is 0 Å². The molecule has 6 heteroatoms. The Morgan fingerprint density at radius 2 is 2.05 bits per heavy atom. The van der Waals surface area contributed by atoms with Crippen molar-refractivity contribution in [1.82, 2.24) is 5.32 Å². The van der Waals surface area contributed by atoms with Crippen LogP contribution >= 0.6 is 0 Å². The van der Waals surface area contributed by atoms with E-state index in [2.05, 4.69) is 5.32 Å². The van der Waals surface area contributed by atoms with Crippen molar-refractivity contribution in [2.24, 2.45) is 0 Å². The van der Waals surface area contributed by atoms with Crippen LogP contribution in [0.25, 0.3) is 0 Å². The smallest absolute Gasteiger partial charge is 0.340 e. The van der Waals surface area contributed by atoms with E-state index in [9.17, 15) is 9.59 Å². The molecule has 0 atom stereocenters. The number of amides is 1. The molecule has 0 saturated heterocycles. The van der Waals surface area contributed by atoms with Gasteiger partial charge >= 0.3 is 5.97 Å². The fourth-order valence-electron chi connectivity index (χ4n) is 2.02. The van der Waals surface area contributed by atoms with Crippen molar-refractivity contribution in [3.05, 3.63) is 23.8 Å². The molecule has 0 fully saturated rings. The number of likely N-dealkylation sites (N-methyl/N-ethyl adjacent to an activating group) is 1. The number of hydrogen-bond acceptors (Lipinski definition) is 5. The zero-order chi connectivity index (χ0) is 15.8. The maximum absolute atomic E-state index is 11.9. The highest BCUT2D eigenvalue weighted by Crippen LogP contribution is 2.27. The number of nitrogens with zero attached hydrogens (tertiary/aromatic N) is 1. The van der Waals surface area contributed by atoms with Crippen molar-refractivity contribution in [2.75, 3.05) is 37.4 Å².